The van der Waals surface area contributed by atoms with Gasteiger partial charge in [0.15, 0.2) is 0 Å². The largest absolute Gasteiger partial charge is 0.394 e. The van der Waals surface area contributed by atoms with Crippen LogP contribution in [0.3, 0.4) is 0 Å². The zero-order chi connectivity index (χ0) is 26.7. The molecule has 3 aliphatic rings. The lowest BCUT2D eigenvalue weighted by molar-refractivity contribution is -0.149. The molecular formula is C29H35N3O5. The summed E-state index contributed by atoms with van der Waals surface area (Å²) in [6, 6.07) is 13.2. The third kappa shape index (κ3) is 3.61. The summed E-state index contributed by atoms with van der Waals surface area (Å²) >= 11 is 0. The number of aliphatic hydroxyl groups excluding tert-OH is 1. The first-order valence-electron chi connectivity index (χ1n) is 12.9. The topological polar surface area (TPSA) is 108 Å². The number of likely N-dealkylation sites (tertiary alicyclic amines) is 1. The van der Waals surface area contributed by atoms with Gasteiger partial charge in [0.05, 0.1) is 30.1 Å². The fourth-order valence-electron chi connectivity index (χ4n) is 6.97. The predicted octanol–water partition coefficient (Wildman–Crippen LogP) is 2.73. The van der Waals surface area contributed by atoms with E-state index in [4.69, 9.17) is 4.74 Å². The van der Waals surface area contributed by atoms with Crippen LogP contribution in [0.25, 0.3) is 0 Å². The molecule has 0 aromatic heterocycles. The molecule has 196 valence electrons. The third-order valence-corrected chi connectivity index (χ3v) is 8.87. The number of carbonyl (C=O) groups excluding carboxylic acids is 3. The Morgan fingerprint density at radius 3 is 2.51 bits per heavy atom. The minimum atomic E-state index is -1.19. The minimum Gasteiger partial charge on any atom is -0.394 e. The van der Waals surface area contributed by atoms with Crippen LogP contribution in [-0.4, -0.2) is 58.6 Å². The van der Waals surface area contributed by atoms with Gasteiger partial charge in [-0.2, -0.15) is 0 Å². The lowest BCUT2D eigenvalue weighted by Gasteiger charge is -2.37. The third-order valence-electron chi connectivity index (χ3n) is 8.87. The van der Waals surface area contributed by atoms with E-state index in [0.717, 1.165) is 11.1 Å². The fraction of sp³-hybridized carbons (Fsp3) is 0.483. The Morgan fingerprint density at radius 2 is 1.86 bits per heavy atom. The minimum absolute atomic E-state index is 0.0564. The van der Waals surface area contributed by atoms with Crippen LogP contribution in [0.1, 0.15) is 43.0 Å². The molecule has 3 fully saturated rings. The van der Waals surface area contributed by atoms with Crippen LogP contribution in [0.2, 0.25) is 0 Å². The highest BCUT2D eigenvalue weighted by Crippen LogP contribution is 2.66. The van der Waals surface area contributed by atoms with Crippen molar-refractivity contribution in [1.29, 1.82) is 0 Å². The lowest BCUT2D eigenvalue weighted by atomic mass is 9.62. The van der Waals surface area contributed by atoms with Gasteiger partial charge in [0.25, 0.3) is 0 Å². The Hall–Kier alpha value is -3.23. The number of hydrogen-bond donors (Lipinski definition) is 3. The average molecular weight is 506 g/mol. The van der Waals surface area contributed by atoms with E-state index in [9.17, 15) is 19.5 Å². The van der Waals surface area contributed by atoms with Crippen LogP contribution < -0.4 is 10.6 Å². The second kappa shape index (κ2) is 8.96. The summed E-state index contributed by atoms with van der Waals surface area (Å²) in [4.78, 5) is 43.2. The SMILES string of the molecule is CNC(=O)[C@@H]1[C@H]2C(=O)N([C@H](CO)c3ccccc3)C(C(=O)Nc3cc(C)ccc3C)C23CC(C)[C@@]1(C)O3. The van der Waals surface area contributed by atoms with Gasteiger partial charge in [0, 0.05) is 12.7 Å². The molecule has 3 unspecified atom stereocenters. The molecule has 3 saturated heterocycles. The molecule has 1 spiro atoms. The van der Waals surface area contributed by atoms with Gasteiger partial charge in [0.2, 0.25) is 17.7 Å². The molecule has 5 rings (SSSR count). The van der Waals surface area contributed by atoms with Crippen molar-refractivity contribution in [3.8, 4) is 0 Å². The number of benzene rings is 2. The van der Waals surface area contributed by atoms with E-state index in [0.29, 0.717) is 17.7 Å². The summed E-state index contributed by atoms with van der Waals surface area (Å²) < 4.78 is 6.71. The van der Waals surface area contributed by atoms with E-state index in [1.807, 2.05) is 76.2 Å². The molecule has 2 aromatic carbocycles. The molecule has 37 heavy (non-hydrogen) atoms. The molecular weight excluding hydrogens is 470 g/mol. The van der Waals surface area contributed by atoms with Crippen molar-refractivity contribution in [3.05, 3.63) is 65.2 Å². The zero-order valence-electron chi connectivity index (χ0n) is 21.9. The summed E-state index contributed by atoms with van der Waals surface area (Å²) in [6.07, 6.45) is 0.460. The molecule has 0 aliphatic carbocycles. The maximum Gasteiger partial charge on any atom is 0.250 e. The molecule has 3 amide bonds. The number of amides is 3. The summed E-state index contributed by atoms with van der Waals surface area (Å²) in [7, 11) is 1.55. The smallest absolute Gasteiger partial charge is 0.250 e. The highest BCUT2D eigenvalue weighted by Gasteiger charge is 2.80. The van der Waals surface area contributed by atoms with Gasteiger partial charge in [-0.15, -0.1) is 0 Å². The first-order chi connectivity index (χ1) is 17.6. The number of carbonyl (C=O) groups is 3. The van der Waals surface area contributed by atoms with Gasteiger partial charge in [-0.1, -0.05) is 49.4 Å². The van der Waals surface area contributed by atoms with Crippen molar-refractivity contribution in [2.45, 2.75) is 57.4 Å². The number of nitrogens with one attached hydrogen (secondary N) is 2. The fourth-order valence-corrected chi connectivity index (χ4v) is 6.97. The second-order valence-electron chi connectivity index (χ2n) is 11.0. The molecule has 7 atom stereocenters. The quantitative estimate of drug-likeness (QED) is 0.560. The summed E-state index contributed by atoms with van der Waals surface area (Å²) in [6.45, 7) is 7.38. The van der Waals surface area contributed by atoms with E-state index in [2.05, 4.69) is 10.6 Å². The Labute approximate surface area is 217 Å². The maximum absolute atomic E-state index is 14.3. The van der Waals surface area contributed by atoms with Gasteiger partial charge in [-0.25, -0.2) is 0 Å². The van der Waals surface area contributed by atoms with Crippen LogP contribution >= 0.6 is 0 Å². The molecule has 3 aliphatic heterocycles. The second-order valence-corrected chi connectivity index (χ2v) is 11.0. The van der Waals surface area contributed by atoms with Crippen LogP contribution in [0.15, 0.2) is 48.5 Å². The monoisotopic (exact) mass is 505 g/mol. The number of hydrogen-bond acceptors (Lipinski definition) is 5. The van der Waals surface area contributed by atoms with E-state index >= 15 is 0 Å². The van der Waals surface area contributed by atoms with Gasteiger partial charge in [-0.05, 0) is 55.9 Å². The van der Waals surface area contributed by atoms with Gasteiger partial charge in [0.1, 0.15) is 11.6 Å². The maximum atomic E-state index is 14.3. The van der Waals surface area contributed by atoms with Gasteiger partial charge < -0.3 is 25.4 Å². The van der Waals surface area contributed by atoms with Crippen LogP contribution in [0, 0.1) is 31.6 Å². The van der Waals surface area contributed by atoms with Crippen molar-refractivity contribution in [2.24, 2.45) is 17.8 Å². The normalized spacial score (nSPS) is 32.8. The van der Waals surface area contributed by atoms with Crippen LogP contribution in [-0.2, 0) is 19.1 Å². The molecule has 8 heteroatoms. The Bertz CT molecular complexity index is 1250. The van der Waals surface area contributed by atoms with Gasteiger partial charge >= 0.3 is 0 Å². The number of aliphatic hydroxyl groups is 1. The van der Waals surface area contributed by atoms with Crippen molar-refractivity contribution in [3.63, 3.8) is 0 Å². The average Bonchev–Trinajstić information content (AvgIpc) is 3.39. The molecule has 3 N–H and O–H groups in total. The lowest BCUT2D eigenvalue weighted by Crippen LogP contribution is -2.55. The van der Waals surface area contributed by atoms with Crippen molar-refractivity contribution in [1.82, 2.24) is 10.2 Å². The molecule has 2 bridgehead atoms. The van der Waals surface area contributed by atoms with Gasteiger partial charge in [-0.3, -0.25) is 14.4 Å². The zero-order valence-corrected chi connectivity index (χ0v) is 21.9. The number of fused-ring (bicyclic) bond motifs is 1. The highest BCUT2D eigenvalue weighted by atomic mass is 16.5. The molecule has 8 nitrogen and oxygen atoms in total. The number of aryl methyl sites for hydroxylation is 2. The molecule has 0 radical (unpaired) electrons. The highest BCUT2D eigenvalue weighted by molar-refractivity contribution is 6.04. The summed E-state index contributed by atoms with van der Waals surface area (Å²) in [5, 5.41) is 16.3. The number of rotatable bonds is 6. The predicted molar refractivity (Wildman–Crippen MR) is 138 cm³/mol. The first kappa shape index (κ1) is 25.4. The Morgan fingerprint density at radius 1 is 1.16 bits per heavy atom. The van der Waals surface area contributed by atoms with E-state index in [1.165, 1.54) is 4.90 Å². The molecule has 2 aromatic rings. The van der Waals surface area contributed by atoms with E-state index < -0.39 is 35.1 Å². The first-order valence-corrected chi connectivity index (χ1v) is 12.9. The van der Waals surface area contributed by atoms with Crippen molar-refractivity contribution >= 4 is 23.4 Å². The summed E-state index contributed by atoms with van der Waals surface area (Å²) in [5.74, 6) is -2.63. The number of anilines is 1. The Kier molecular flexibility index (Phi) is 6.15. The molecule has 3 heterocycles. The van der Waals surface area contributed by atoms with E-state index in [-0.39, 0.29) is 30.2 Å². The molecule has 0 saturated carbocycles. The van der Waals surface area contributed by atoms with Crippen molar-refractivity contribution < 1.29 is 24.2 Å². The van der Waals surface area contributed by atoms with Crippen LogP contribution in [0.5, 0.6) is 0 Å². The van der Waals surface area contributed by atoms with Crippen LogP contribution in [0.4, 0.5) is 5.69 Å². The number of nitrogens with zero attached hydrogens (tertiary/aromatic N) is 1. The number of ether oxygens (including phenoxy) is 1. The van der Waals surface area contributed by atoms with E-state index in [1.54, 1.807) is 7.05 Å². The summed E-state index contributed by atoms with van der Waals surface area (Å²) in [5.41, 5.74) is 1.19. The Balaban J connectivity index is 1.65. The standard InChI is InChI=1S/C29H35N3O5/c1-16-11-12-17(2)20(13-16)31-26(35)24-29-14-18(3)28(4,37-29)22(25(34)30-5)23(29)27(36)32(24)21(15-33)19-9-7-6-8-10-19/h6-13,18,21-24,33H,14-15H2,1-5H3,(H,30,34)(H,31,35)/t18?,21-,22+,23+,24?,28-,29?/m1/s1. The van der Waals surface area contributed by atoms with Crippen molar-refractivity contribution in [2.75, 3.05) is 19.0 Å².